The van der Waals surface area contributed by atoms with Gasteiger partial charge in [0.1, 0.15) is 5.75 Å². The van der Waals surface area contributed by atoms with Crippen LogP contribution in [-0.2, 0) is 0 Å². The molecule has 3 rings (SSSR count). The highest BCUT2D eigenvalue weighted by Gasteiger charge is 2.10. The molecule has 0 aliphatic carbocycles. The van der Waals surface area contributed by atoms with E-state index in [-0.39, 0.29) is 0 Å². The summed E-state index contributed by atoms with van der Waals surface area (Å²) in [4.78, 5) is 4.60. The van der Waals surface area contributed by atoms with Crippen molar-refractivity contribution in [3.63, 3.8) is 0 Å². The second kappa shape index (κ2) is 5.97. The van der Waals surface area contributed by atoms with Crippen molar-refractivity contribution in [3.8, 4) is 28.1 Å². The molecule has 0 fully saturated rings. The molecule has 0 radical (unpaired) electrons. The van der Waals surface area contributed by atoms with Gasteiger partial charge in [-0.25, -0.2) is 4.98 Å². The molecule has 0 unspecified atom stereocenters. The van der Waals surface area contributed by atoms with Gasteiger partial charge in [0, 0.05) is 18.0 Å². The SMILES string of the molecule is CNc1nc(-c2ccccc2-c2ccc(OC)cc2)cs1. The van der Waals surface area contributed by atoms with Crippen LogP contribution < -0.4 is 10.1 Å². The predicted octanol–water partition coefficient (Wildman–Crippen LogP) is 4.53. The number of hydrogen-bond acceptors (Lipinski definition) is 4. The third kappa shape index (κ3) is 2.76. The lowest BCUT2D eigenvalue weighted by molar-refractivity contribution is 0.415. The lowest BCUT2D eigenvalue weighted by atomic mass is 9.98. The molecule has 106 valence electrons. The molecule has 0 aliphatic heterocycles. The fourth-order valence-corrected chi connectivity index (χ4v) is 2.91. The highest BCUT2D eigenvalue weighted by Crippen LogP contribution is 2.34. The summed E-state index contributed by atoms with van der Waals surface area (Å²) in [5.74, 6) is 0.863. The van der Waals surface area contributed by atoms with Gasteiger partial charge in [-0.05, 0) is 23.3 Å². The van der Waals surface area contributed by atoms with Gasteiger partial charge >= 0.3 is 0 Å². The first-order chi connectivity index (χ1) is 10.3. The van der Waals surface area contributed by atoms with Crippen LogP contribution in [0, 0.1) is 0 Å². The van der Waals surface area contributed by atoms with E-state index in [1.807, 2.05) is 25.2 Å². The van der Waals surface area contributed by atoms with Crippen molar-refractivity contribution in [1.29, 1.82) is 0 Å². The van der Waals surface area contributed by atoms with Gasteiger partial charge in [-0.15, -0.1) is 11.3 Å². The van der Waals surface area contributed by atoms with Gasteiger partial charge in [-0.3, -0.25) is 0 Å². The lowest BCUT2D eigenvalue weighted by Gasteiger charge is -2.08. The molecular formula is C17H16N2OS. The minimum atomic E-state index is 0.863. The minimum absolute atomic E-state index is 0.863. The molecule has 0 bridgehead atoms. The molecule has 1 N–H and O–H groups in total. The quantitative estimate of drug-likeness (QED) is 0.768. The molecule has 0 spiro atoms. The number of hydrogen-bond donors (Lipinski definition) is 1. The monoisotopic (exact) mass is 296 g/mol. The molecule has 1 aromatic heterocycles. The maximum atomic E-state index is 5.22. The number of nitrogens with one attached hydrogen (secondary N) is 1. The maximum absolute atomic E-state index is 5.22. The standard InChI is InChI=1S/C17H16N2OS/c1-18-17-19-16(11-21-17)15-6-4-3-5-14(15)12-7-9-13(20-2)10-8-12/h3-11H,1-2H3,(H,18,19). The summed E-state index contributed by atoms with van der Waals surface area (Å²) >= 11 is 1.61. The topological polar surface area (TPSA) is 34.2 Å². The molecule has 3 aromatic rings. The Hall–Kier alpha value is -2.33. The molecule has 0 saturated heterocycles. The summed E-state index contributed by atoms with van der Waals surface area (Å²) < 4.78 is 5.22. The number of ether oxygens (including phenoxy) is 1. The lowest BCUT2D eigenvalue weighted by Crippen LogP contribution is -1.88. The van der Waals surface area contributed by atoms with Gasteiger partial charge in [0.15, 0.2) is 5.13 Å². The van der Waals surface area contributed by atoms with Crippen LogP contribution in [0.2, 0.25) is 0 Å². The highest BCUT2D eigenvalue weighted by atomic mass is 32.1. The minimum Gasteiger partial charge on any atom is -0.497 e. The highest BCUT2D eigenvalue weighted by molar-refractivity contribution is 7.14. The zero-order chi connectivity index (χ0) is 14.7. The number of rotatable bonds is 4. The number of nitrogens with zero attached hydrogens (tertiary/aromatic N) is 1. The third-order valence-electron chi connectivity index (χ3n) is 3.32. The molecule has 3 nitrogen and oxygen atoms in total. The van der Waals surface area contributed by atoms with Gasteiger partial charge in [-0.1, -0.05) is 36.4 Å². The molecule has 2 aromatic carbocycles. The summed E-state index contributed by atoms with van der Waals surface area (Å²) in [6.45, 7) is 0. The summed E-state index contributed by atoms with van der Waals surface area (Å²) in [5.41, 5.74) is 4.47. The Labute approximate surface area is 128 Å². The molecule has 0 atom stereocenters. The number of benzene rings is 2. The summed E-state index contributed by atoms with van der Waals surface area (Å²) in [5, 5.41) is 6.09. The van der Waals surface area contributed by atoms with Crippen LogP contribution in [0.4, 0.5) is 5.13 Å². The summed E-state index contributed by atoms with van der Waals surface area (Å²) in [6.07, 6.45) is 0. The van der Waals surface area contributed by atoms with E-state index in [2.05, 4.69) is 46.0 Å². The van der Waals surface area contributed by atoms with E-state index < -0.39 is 0 Å². The van der Waals surface area contributed by atoms with E-state index in [1.165, 1.54) is 5.56 Å². The maximum Gasteiger partial charge on any atom is 0.182 e. The fourth-order valence-electron chi connectivity index (χ4n) is 2.24. The number of thiazole rings is 1. The first-order valence-corrected chi connectivity index (χ1v) is 7.57. The number of methoxy groups -OCH3 is 1. The Morgan fingerprint density at radius 2 is 1.71 bits per heavy atom. The normalized spacial score (nSPS) is 10.4. The predicted molar refractivity (Wildman–Crippen MR) is 89.1 cm³/mol. The van der Waals surface area contributed by atoms with Crippen molar-refractivity contribution < 1.29 is 4.74 Å². The molecule has 1 heterocycles. The number of aromatic nitrogens is 1. The Morgan fingerprint density at radius 1 is 1.00 bits per heavy atom. The Bertz CT molecular complexity index is 735. The van der Waals surface area contributed by atoms with E-state index in [0.717, 1.165) is 27.7 Å². The second-order valence-electron chi connectivity index (χ2n) is 4.56. The molecule has 4 heteroatoms. The first kappa shape index (κ1) is 13.6. The van der Waals surface area contributed by atoms with E-state index >= 15 is 0 Å². The van der Waals surface area contributed by atoms with Crippen molar-refractivity contribution in [2.45, 2.75) is 0 Å². The summed E-state index contributed by atoms with van der Waals surface area (Å²) in [7, 11) is 3.56. The van der Waals surface area contributed by atoms with Crippen LogP contribution in [0.25, 0.3) is 22.4 Å². The molecule has 0 saturated carbocycles. The molecule has 0 aliphatic rings. The fraction of sp³-hybridized carbons (Fsp3) is 0.118. The number of anilines is 1. The van der Waals surface area contributed by atoms with Gasteiger partial charge in [-0.2, -0.15) is 0 Å². The van der Waals surface area contributed by atoms with Crippen molar-refractivity contribution in [1.82, 2.24) is 4.98 Å². The Balaban J connectivity index is 2.06. The van der Waals surface area contributed by atoms with Gasteiger partial charge in [0.05, 0.1) is 12.8 Å². The average molecular weight is 296 g/mol. The van der Waals surface area contributed by atoms with Crippen LogP contribution in [0.15, 0.2) is 53.9 Å². The van der Waals surface area contributed by atoms with Crippen LogP contribution in [0.5, 0.6) is 5.75 Å². The first-order valence-electron chi connectivity index (χ1n) is 6.69. The van der Waals surface area contributed by atoms with Crippen LogP contribution in [-0.4, -0.2) is 19.1 Å². The van der Waals surface area contributed by atoms with Crippen molar-refractivity contribution in [2.24, 2.45) is 0 Å². The van der Waals surface area contributed by atoms with Gasteiger partial charge in [0.2, 0.25) is 0 Å². The zero-order valence-corrected chi connectivity index (χ0v) is 12.8. The average Bonchev–Trinajstić information content (AvgIpc) is 3.04. The van der Waals surface area contributed by atoms with Crippen LogP contribution in [0.3, 0.4) is 0 Å². The van der Waals surface area contributed by atoms with Crippen molar-refractivity contribution >= 4 is 16.5 Å². The van der Waals surface area contributed by atoms with E-state index in [4.69, 9.17) is 4.74 Å². The summed E-state index contributed by atoms with van der Waals surface area (Å²) in [6, 6.07) is 16.4. The molecule has 0 amide bonds. The Morgan fingerprint density at radius 3 is 2.33 bits per heavy atom. The van der Waals surface area contributed by atoms with Crippen molar-refractivity contribution in [2.75, 3.05) is 19.5 Å². The third-order valence-corrected chi connectivity index (χ3v) is 4.18. The van der Waals surface area contributed by atoms with Crippen LogP contribution >= 0.6 is 11.3 Å². The smallest absolute Gasteiger partial charge is 0.182 e. The van der Waals surface area contributed by atoms with Gasteiger partial charge in [0.25, 0.3) is 0 Å². The van der Waals surface area contributed by atoms with Crippen LogP contribution in [0.1, 0.15) is 0 Å². The van der Waals surface area contributed by atoms with Gasteiger partial charge < -0.3 is 10.1 Å². The van der Waals surface area contributed by atoms with Crippen molar-refractivity contribution in [3.05, 3.63) is 53.9 Å². The molecule has 21 heavy (non-hydrogen) atoms. The largest absolute Gasteiger partial charge is 0.497 e. The van der Waals surface area contributed by atoms with E-state index in [9.17, 15) is 0 Å². The van der Waals surface area contributed by atoms with E-state index in [1.54, 1.807) is 18.4 Å². The van der Waals surface area contributed by atoms with E-state index in [0.29, 0.717) is 0 Å². The Kier molecular flexibility index (Phi) is 3.88. The second-order valence-corrected chi connectivity index (χ2v) is 5.42. The zero-order valence-electron chi connectivity index (χ0n) is 12.0. The molecular weight excluding hydrogens is 280 g/mol.